The number of benzene rings is 1. The molecule has 0 aliphatic heterocycles. The SMILES string of the molecule is COc1cc(CCNC(=O)[C@@H](N)C(C)(C)C)c([N+](=O)[O-])cc1OC.Cl. The second-order valence-electron chi connectivity index (χ2n) is 6.48. The van der Waals surface area contributed by atoms with Crippen molar-refractivity contribution in [3.8, 4) is 11.5 Å². The Labute approximate surface area is 153 Å². The molecule has 0 saturated heterocycles. The lowest BCUT2D eigenvalue weighted by Crippen LogP contribution is -2.49. The predicted molar refractivity (Wildman–Crippen MR) is 97.6 cm³/mol. The van der Waals surface area contributed by atoms with E-state index in [0.29, 0.717) is 11.3 Å². The van der Waals surface area contributed by atoms with Gasteiger partial charge in [-0.25, -0.2) is 0 Å². The zero-order valence-corrected chi connectivity index (χ0v) is 15.9. The van der Waals surface area contributed by atoms with Crippen LogP contribution < -0.4 is 20.5 Å². The summed E-state index contributed by atoms with van der Waals surface area (Å²) in [4.78, 5) is 22.7. The van der Waals surface area contributed by atoms with Gasteiger partial charge < -0.3 is 20.5 Å². The van der Waals surface area contributed by atoms with Crippen LogP contribution >= 0.6 is 12.4 Å². The molecule has 0 aliphatic rings. The summed E-state index contributed by atoms with van der Waals surface area (Å²) < 4.78 is 10.2. The fourth-order valence-electron chi connectivity index (χ4n) is 2.10. The van der Waals surface area contributed by atoms with Crippen LogP contribution in [0, 0.1) is 15.5 Å². The van der Waals surface area contributed by atoms with Crippen molar-refractivity contribution in [1.82, 2.24) is 5.32 Å². The second kappa shape index (κ2) is 9.43. The molecule has 0 bridgehead atoms. The molecule has 8 nitrogen and oxygen atoms in total. The highest BCUT2D eigenvalue weighted by Gasteiger charge is 2.27. The highest BCUT2D eigenvalue weighted by atomic mass is 35.5. The molecule has 0 radical (unpaired) electrons. The number of nitrogens with two attached hydrogens (primary N) is 1. The number of ether oxygens (including phenoxy) is 2. The molecular weight excluding hydrogens is 350 g/mol. The van der Waals surface area contributed by atoms with Crippen molar-refractivity contribution in [1.29, 1.82) is 0 Å². The van der Waals surface area contributed by atoms with E-state index in [4.69, 9.17) is 15.2 Å². The second-order valence-corrected chi connectivity index (χ2v) is 6.48. The zero-order valence-electron chi connectivity index (χ0n) is 15.1. The number of nitrogens with zero attached hydrogens (tertiary/aromatic N) is 1. The van der Waals surface area contributed by atoms with E-state index in [1.54, 1.807) is 6.07 Å². The fraction of sp³-hybridized carbons (Fsp3) is 0.562. The summed E-state index contributed by atoms with van der Waals surface area (Å²) in [6, 6.07) is 2.21. The van der Waals surface area contributed by atoms with Gasteiger partial charge in [0.2, 0.25) is 5.91 Å². The van der Waals surface area contributed by atoms with E-state index in [1.165, 1.54) is 20.3 Å². The summed E-state index contributed by atoms with van der Waals surface area (Å²) >= 11 is 0. The van der Waals surface area contributed by atoms with E-state index in [-0.39, 0.29) is 48.1 Å². The van der Waals surface area contributed by atoms with Crippen LogP contribution in [0.2, 0.25) is 0 Å². The summed E-state index contributed by atoms with van der Waals surface area (Å²) in [5.41, 5.74) is 5.88. The van der Waals surface area contributed by atoms with Gasteiger partial charge in [-0.1, -0.05) is 20.8 Å². The molecular formula is C16H26ClN3O5. The minimum absolute atomic E-state index is 0. The number of hydrogen-bond donors (Lipinski definition) is 2. The molecule has 0 heterocycles. The van der Waals surface area contributed by atoms with Crippen molar-refractivity contribution in [2.45, 2.75) is 33.2 Å². The summed E-state index contributed by atoms with van der Waals surface area (Å²) in [6.45, 7) is 5.85. The molecule has 1 atom stereocenters. The summed E-state index contributed by atoms with van der Waals surface area (Å²) in [5.74, 6) is 0.396. The minimum atomic E-state index is -0.655. The van der Waals surface area contributed by atoms with E-state index >= 15 is 0 Å². The smallest absolute Gasteiger partial charge is 0.276 e. The number of carbonyl (C=O) groups is 1. The highest BCUT2D eigenvalue weighted by molar-refractivity contribution is 5.85. The first kappa shape index (κ1) is 22.9. The summed E-state index contributed by atoms with van der Waals surface area (Å²) in [5, 5.41) is 13.9. The number of carbonyl (C=O) groups excluding carboxylic acids is 1. The number of amides is 1. The summed E-state index contributed by atoms with van der Waals surface area (Å²) in [7, 11) is 2.87. The van der Waals surface area contributed by atoms with Gasteiger partial charge in [-0.2, -0.15) is 0 Å². The fourth-order valence-corrected chi connectivity index (χ4v) is 2.10. The van der Waals surface area contributed by atoms with Crippen LogP contribution in [0.1, 0.15) is 26.3 Å². The van der Waals surface area contributed by atoms with Gasteiger partial charge >= 0.3 is 0 Å². The first-order valence-electron chi connectivity index (χ1n) is 7.54. The van der Waals surface area contributed by atoms with Crippen LogP contribution in [-0.4, -0.2) is 37.6 Å². The van der Waals surface area contributed by atoms with Crippen molar-refractivity contribution in [3.05, 3.63) is 27.8 Å². The van der Waals surface area contributed by atoms with Gasteiger partial charge in [-0.15, -0.1) is 12.4 Å². The first-order valence-corrected chi connectivity index (χ1v) is 7.54. The van der Waals surface area contributed by atoms with Crippen molar-refractivity contribution in [3.63, 3.8) is 0 Å². The molecule has 3 N–H and O–H groups in total. The van der Waals surface area contributed by atoms with Crippen molar-refractivity contribution in [2.75, 3.05) is 20.8 Å². The van der Waals surface area contributed by atoms with E-state index in [1.807, 2.05) is 20.8 Å². The minimum Gasteiger partial charge on any atom is -0.493 e. The molecule has 142 valence electrons. The number of hydrogen-bond acceptors (Lipinski definition) is 6. The van der Waals surface area contributed by atoms with E-state index in [0.717, 1.165) is 0 Å². The Morgan fingerprint density at radius 3 is 2.24 bits per heavy atom. The Morgan fingerprint density at radius 2 is 1.80 bits per heavy atom. The van der Waals surface area contributed by atoms with Crippen molar-refractivity contribution in [2.24, 2.45) is 11.1 Å². The van der Waals surface area contributed by atoms with E-state index in [2.05, 4.69) is 5.32 Å². The molecule has 9 heteroatoms. The highest BCUT2D eigenvalue weighted by Crippen LogP contribution is 2.34. The lowest BCUT2D eigenvalue weighted by molar-refractivity contribution is -0.385. The largest absolute Gasteiger partial charge is 0.493 e. The summed E-state index contributed by atoms with van der Waals surface area (Å²) in [6.07, 6.45) is 0.277. The lowest BCUT2D eigenvalue weighted by atomic mass is 9.87. The Hall–Kier alpha value is -2.06. The molecule has 1 aromatic rings. The Balaban J connectivity index is 0.00000576. The molecule has 1 rings (SSSR count). The van der Waals surface area contributed by atoms with Crippen molar-refractivity contribution < 1.29 is 19.2 Å². The lowest BCUT2D eigenvalue weighted by Gasteiger charge is -2.25. The maximum atomic E-state index is 12.0. The van der Waals surface area contributed by atoms with E-state index < -0.39 is 11.0 Å². The molecule has 0 unspecified atom stereocenters. The topological polar surface area (TPSA) is 117 Å². The van der Waals surface area contributed by atoms with Crippen LogP contribution in [-0.2, 0) is 11.2 Å². The third-order valence-electron chi connectivity index (χ3n) is 3.69. The maximum absolute atomic E-state index is 12.0. The van der Waals surface area contributed by atoms with Gasteiger partial charge in [0.25, 0.3) is 5.69 Å². The molecule has 25 heavy (non-hydrogen) atoms. The predicted octanol–water partition coefficient (Wildman–Crippen LogP) is 2.07. The Bertz CT molecular complexity index is 617. The number of rotatable bonds is 7. The molecule has 0 saturated carbocycles. The standard InChI is InChI=1S/C16H25N3O5.ClH/c1-16(2,3)14(17)15(20)18-7-6-10-8-12(23-4)13(24-5)9-11(10)19(21)22;/h8-9,14H,6-7,17H2,1-5H3,(H,18,20);1H/t14-;/m1./s1. The van der Waals surface area contributed by atoms with Crippen LogP contribution in [0.4, 0.5) is 5.69 Å². The maximum Gasteiger partial charge on any atom is 0.276 e. The monoisotopic (exact) mass is 375 g/mol. The average Bonchev–Trinajstić information content (AvgIpc) is 2.52. The first-order chi connectivity index (χ1) is 11.1. The average molecular weight is 376 g/mol. The molecule has 1 amide bonds. The van der Waals surface area contributed by atoms with Gasteiger partial charge in [0.1, 0.15) is 0 Å². The molecule has 0 spiro atoms. The van der Waals surface area contributed by atoms with Gasteiger partial charge in [-0.3, -0.25) is 14.9 Å². The van der Waals surface area contributed by atoms with Crippen LogP contribution in [0.25, 0.3) is 0 Å². The molecule has 0 aliphatic carbocycles. The van der Waals surface area contributed by atoms with Gasteiger partial charge in [0, 0.05) is 12.1 Å². The van der Waals surface area contributed by atoms with Crippen LogP contribution in [0.15, 0.2) is 12.1 Å². The van der Waals surface area contributed by atoms with Gasteiger partial charge in [-0.05, 0) is 17.9 Å². The zero-order chi connectivity index (χ0) is 18.5. The number of nitro benzene ring substituents is 1. The van der Waals surface area contributed by atoms with Gasteiger partial charge in [0.05, 0.1) is 31.3 Å². The van der Waals surface area contributed by atoms with Gasteiger partial charge in [0.15, 0.2) is 11.5 Å². The van der Waals surface area contributed by atoms with Crippen molar-refractivity contribution >= 4 is 24.0 Å². The van der Waals surface area contributed by atoms with Crippen LogP contribution in [0.5, 0.6) is 11.5 Å². The number of methoxy groups -OCH3 is 2. The molecule has 0 fully saturated rings. The number of nitro groups is 1. The molecule has 1 aromatic carbocycles. The Morgan fingerprint density at radius 1 is 1.28 bits per heavy atom. The molecule has 0 aromatic heterocycles. The third kappa shape index (κ3) is 6.06. The van der Waals surface area contributed by atoms with E-state index in [9.17, 15) is 14.9 Å². The number of nitrogens with one attached hydrogen (secondary N) is 1. The quantitative estimate of drug-likeness (QED) is 0.556. The third-order valence-corrected chi connectivity index (χ3v) is 3.69. The number of halogens is 1. The normalized spacial score (nSPS) is 11.9. The van der Waals surface area contributed by atoms with Crippen LogP contribution in [0.3, 0.4) is 0 Å². The Kier molecular flexibility index (Phi) is 8.65.